The second-order valence-electron chi connectivity index (χ2n) is 11.7. The van der Waals surface area contributed by atoms with Gasteiger partial charge in [-0.05, 0) is 86.5 Å². The summed E-state index contributed by atoms with van der Waals surface area (Å²) in [6, 6.07) is 0. The molecular weight excluding hydrogens is 528 g/mol. The Hall–Kier alpha value is -2.14. The van der Waals surface area contributed by atoms with Crippen molar-refractivity contribution >= 4 is 11.9 Å². The van der Waals surface area contributed by atoms with Crippen molar-refractivity contribution in [3.63, 3.8) is 0 Å². The molecule has 9 nitrogen and oxygen atoms in total. The van der Waals surface area contributed by atoms with Gasteiger partial charge in [-0.25, -0.2) is 0 Å². The van der Waals surface area contributed by atoms with E-state index in [9.17, 15) is 19.8 Å². The van der Waals surface area contributed by atoms with Crippen LogP contribution in [0.4, 0.5) is 0 Å². The summed E-state index contributed by atoms with van der Waals surface area (Å²) in [6.45, 7) is 12.4. The molecule has 0 radical (unpaired) electrons. The van der Waals surface area contributed by atoms with Crippen LogP contribution in [-0.2, 0) is 28.5 Å². The fourth-order valence-electron chi connectivity index (χ4n) is 3.07. The van der Waals surface area contributed by atoms with Crippen molar-refractivity contribution < 1.29 is 43.9 Å². The first-order valence-corrected chi connectivity index (χ1v) is 14.2. The third kappa shape index (κ3) is 24.2. The Bertz CT molecular complexity index is 813. The van der Waals surface area contributed by atoms with E-state index in [1.165, 1.54) is 0 Å². The fraction of sp³-hybridized carbons (Fsp3) is 0.812. The van der Waals surface area contributed by atoms with Crippen LogP contribution >= 0.6 is 0 Å². The van der Waals surface area contributed by atoms with Crippen LogP contribution in [0.15, 0.2) is 0 Å². The van der Waals surface area contributed by atoms with E-state index in [1.807, 2.05) is 20.8 Å². The van der Waals surface area contributed by atoms with Crippen LogP contribution in [-0.4, -0.2) is 78.8 Å². The van der Waals surface area contributed by atoms with Gasteiger partial charge >= 0.3 is 11.9 Å². The van der Waals surface area contributed by atoms with Crippen LogP contribution in [0.25, 0.3) is 0 Å². The molecule has 238 valence electrons. The van der Waals surface area contributed by atoms with Crippen LogP contribution in [0.5, 0.6) is 0 Å². The number of carbonyl (C=O) groups is 2. The lowest BCUT2D eigenvalue weighted by molar-refractivity contribution is -0.154. The van der Waals surface area contributed by atoms with E-state index in [0.29, 0.717) is 58.3 Å². The molecule has 1 aliphatic heterocycles. The number of aliphatic hydroxyl groups is 3. The molecule has 3 atom stereocenters. The first-order valence-electron chi connectivity index (χ1n) is 14.2. The third-order valence-electron chi connectivity index (χ3n) is 5.54. The average Bonchev–Trinajstić information content (AvgIpc) is 2.88. The van der Waals surface area contributed by atoms with Crippen LogP contribution in [0.3, 0.4) is 0 Å². The lowest BCUT2D eigenvalue weighted by atomic mass is 9.97. The van der Waals surface area contributed by atoms with Crippen LogP contribution in [0.2, 0.25) is 0 Å². The minimum Gasteiger partial charge on any atom is -0.465 e. The van der Waals surface area contributed by atoms with E-state index in [-0.39, 0.29) is 32.3 Å². The van der Waals surface area contributed by atoms with Gasteiger partial charge in [-0.1, -0.05) is 31.1 Å². The lowest BCUT2D eigenvalue weighted by Crippen LogP contribution is -2.23. The van der Waals surface area contributed by atoms with Gasteiger partial charge in [0.15, 0.2) is 6.29 Å². The van der Waals surface area contributed by atoms with Gasteiger partial charge in [0.25, 0.3) is 0 Å². The van der Waals surface area contributed by atoms with Crippen molar-refractivity contribution in [1.82, 2.24) is 0 Å². The molecule has 0 bridgehead atoms. The number of hydrogen-bond acceptors (Lipinski definition) is 9. The van der Waals surface area contributed by atoms with E-state index in [2.05, 4.69) is 23.7 Å². The normalized spacial score (nSPS) is 16.2. The molecule has 0 amide bonds. The van der Waals surface area contributed by atoms with Crippen molar-refractivity contribution in [3.8, 4) is 23.7 Å². The monoisotopic (exact) mass is 584 g/mol. The molecule has 9 heteroatoms. The van der Waals surface area contributed by atoms with Gasteiger partial charge in [0.2, 0.25) is 0 Å². The van der Waals surface area contributed by atoms with Crippen LogP contribution < -0.4 is 0 Å². The standard InChI is InChI=1S/C18H30O5.C13H22O4.CH4/c1-18(2,3)17(20)23-14-8-10-15(19)9-4-6-12-21-16-11-5-7-13-22-16;1-13(2,3)12(16)17-10-6-8-11(15)7-4-5-9-14;/h15-16,19H,5,7-14H2,1-3H3;11,14-15H,6-10H2,1-3H3;1H4/t15-,16?;11-;/m11./s1. The van der Waals surface area contributed by atoms with Crippen molar-refractivity contribution in [2.45, 2.75) is 125 Å². The van der Waals surface area contributed by atoms with Gasteiger partial charge in [0.1, 0.15) is 13.2 Å². The molecule has 1 saturated heterocycles. The highest BCUT2D eigenvalue weighted by molar-refractivity contribution is 5.75. The minimum atomic E-state index is -0.526. The fourth-order valence-corrected chi connectivity index (χ4v) is 3.07. The quantitative estimate of drug-likeness (QED) is 0.174. The molecule has 0 aromatic carbocycles. The van der Waals surface area contributed by atoms with Crippen molar-refractivity contribution in [1.29, 1.82) is 0 Å². The van der Waals surface area contributed by atoms with Gasteiger partial charge in [0, 0.05) is 19.4 Å². The first-order chi connectivity index (χ1) is 18.8. The topological polar surface area (TPSA) is 132 Å². The largest absolute Gasteiger partial charge is 0.465 e. The van der Waals surface area contributed by atoms with Gasteiger partial charge in [-0.2, -0.15) is 0 Å². The number of esters is 2. The first kappa shape index (κ1) is 41.0. The summed E-state index contributed by atoms with van der Waals surface area (Å²) >= 11 is 0. The van der Waals surface area contributed by atoms with Gasteiger partial charge in [0.05, 0.1) is 36.3 Å². The SMILES string of the molecule is C.CC(C)(C)C(=O)OCCC[C@H](O)CC#CCO.CC(C)(C)C(=O)OCCC[C@H](O)CC#CCOC1CCCCO1. The molecule has 1 unspecified atom stereocenters. The molecule has 1 fully saturated rings. The molecule has 0 aromatic rings. The molecule has 1 rings (SSSR count). The molecule has 1 heterocycles. The average molecular weight is 585 g/mol. The summed E-state index contributed by atoms with van der Waals surface area (Å²) in [5.74, 6) is 10.5. The van der Waals surface area contributed by atoms with Gasteiger partial charge < -0.3 is 34.3 Å². The minimum absolute atomic E-state index is 0. The van der Waals surface area contributed by atoms with Crippen molar-refractivity contribution in [3.05, 3.63) is 0 Å². The molecule has 0 saturated carbocycles. The highest BCUT2D eigenvalue weighted by atomic mass is 16.7. The maximum atomic E-state index is 11.6. The molecule has 1 aliphatic rings. The second-order valence-corrected chi connectivity index (χ2v) is 11.7. The van der Waals surface area contributed by atoms with E-state index in [4.69, 9.17) is 24.1 Å². The summed E-state index contributed by atoms with van der Waals surface area (Å²) < 4.78 is 21.1. The summed E-state index contributed by atoms with van der Waals surface area (Å²) in [5, 5.41) is 27.7. The molecule has 0 spiro atoms. The van der Waals surface area contributed by atoms with E-state index >= 15 is 0 Å². The predicted molar refractivity (Wildman–Crippen MR) is 159 cm³/mol. The molecule has 0 aromatic heterocycles. The zero-order valence-electron chi connectivity index (χ0n) is 25.4. The van der Waals surface area contributed by atoms with Gasteiger partial charge in [-0.3, -0.25) is 9.59 Å². The molecule has 0 aliphatic carbocycles. The van der Waals surface area contributed by atoms with E-state index < -0.39 is 23.0 Å². The summed E-state index contributed by atoms with van der Waals surface area (Å²) in [4.78, 5) is 22.9. The summed E-state index contributed by atoms with van der Waals surface area (Å²) in [6.07, 6.45) is 5.12. The Labute approximate surface area is 248 Å². The van der Waals surface area contributed by atoms with E-state index in [0.717, 1.165) is 25.9 Å². The molecular formula is C32H56O9. The zero-order valence-corrected chi connectivity index (χ0v) is 25.4. The zero-order chi connectivity index (χ0) is 30.4. The van der Waals surface area contributed by atoms with Crippen molar-refractivity contribution in [2.75, 3.05) is 33.0 Å². The summed E-state index contributed by atoms with van der Waals surface area (Å²) in [5.41, 5.74) is -0.961. The Balaban J connectivity index is 0. The number of rotatable bonds is 12. The number of aliphatic hydroxyl groups excluding tert-OH is 3. The third-order valence-corrected chi connectivity index (χ3v) is 5.54. The molecule has 3 N–H and O–H groups in total. The Morgan fingerprint density at radius 1 is 0.829 bits per heavy atom. The van der Waals surface area contributed by atoms with Crippen LogP contribution in [0, 0.1) is 34.5 Å². The number of hydrogen-bond donors (Lipinski definition) is 3. The maximum Gasteiger partial charge on any atom is 0.311 e. The second kappa shape index (κ2) is 23.4. The summed E-state index contributed by atoms with van der Waals surface area (Å²) in [7, 11) is 0. The number of carbonyl (C=O) groups excluding carboxylic acids is 2. The Kier molecular flexibility index (Phi) is 23.4. The van der Waals surface area contributed by atoms with Crippen LogP contribution in [0.1, 0.15) is 107 Å². The Morgan fingerprint density at radius 3 is 1.73 bits per heavy atom. The Morgan fingerprint density at radius 2 is 1.32 bits per heavy atom. The highest BCUT2D eigenvalue weighted by Crippen LogP contribution is 2.16. The highest BCUT2D eigenvalue weighted by Gasteiger charge is 2.23. The lowest BCUT2D eigenvalue weighted by Gasteiger charge is -2.21. The van der Waals surface area contributed by atoms with E-state index in [1.54, 1.807) is 20.8 Å². The predicted octanol–water partition coefficient (Wildman–Crippen LogP) is 4.39. The smallest absolute Gasteiger partial charge is 0.311 e. The number of ether oxygens (including phenoxy) is 4. The maximum absolute atomic E-state index is 11.6. The van der Waals surface area contributed by atoms with Gasteiger partial charge in [-0.15, -0.1) is 0 Å². The molecule has 41 heavy (non-hydrogen) atoms. The van der Waals surface area contributed by atoms with Crippen molar-refractivity contribution in [2.24, 2.45) is 10.8 Å².